The van der Waals surface area contributed by atoms with Crippen molar-refractivity contribution in [2.45, 2.75) is 39.5 Å². The van der Waals surface area contributed by atoms with Gasteiger partial charge in [0, 0.05) is 32.9 Å². The molecule has 0 fully saturated rings. The van der Waals surface area contributed by atoms with Gasteiger partial charge in [0.05, 0.1) is 0 Å². The number of anilines is 1. The Morgan fingerprint density at radius 1 is 1.21 bits per heavy atom. The molecule has 0 atom stereocenters. The topological polar surface area (TPSA) is 32.8 Å². The number of benzene rings is 1. The van der Waals surface area contributed by atoms with Crippen LogP contribution in [-0.2, 0) is 17.8 Å². The van der Waals surface area contributed by atoms with Gasteiger partial charge in [-0.15, -0.1) is 0 Å². The molecule has 1 heterocycles. The van der Waals surface area contributed by atoms with E-state index >= 15 is 0 Å². The summed E-state index contributed by atoms with van der Waals surface area (Å²) in [4.78, 5) is 15.9. The van der Waals surface area contributed by atoms with E-state index in [1.807, 2.05) is 34.9 Å². The minimum absolute atomic E-state index is 0.241. The number of carbonyl (C=O) groups is 1. The number of rotatable bonds is 1. The van der Waals surface area contributed by atoms with E-state index in [0.717, 1.165) is 5.69 Å². The highest BCUT2D eigenvalue weighted by atomic mass is 16.6. The van der Waals surface area contributed by atoms with Crippen LogP contribution in [0.25, 0.3) is 0 Å². The fraction of sp³-hybridized carbons (Fsp3) is 0.533. The molecule has 1 aromatic rings. The van der Waals surface area contributed by atoms with Crippen molar-refractivity contribution in [2.24, 2.45) is 0 Å². The van der Waals surface area contributed by atoms with Crippen LogP contribution in [0.5, 0.6) is 0 Å². The van der Waals surface area contributed by atoms with Gasteiger partial charge in [-0.1, -0.05) is 6.07 Å². The van der Waals surface area contributed by atoms with E-state index in [0.29, 0.717) is 13.1 Å². The Labute approximate surface area is 115 Å². The Morgan fingerprint density at radius 2 is 1.84 bits per heavy atom. The predicted octanol–water partition coefficient (Wildman–Crippen LogP) is 3.00. The number of nitrogens with zero attached hydrogens (tertiary/aromatic N) is 2. The summed E-state index contributed by atoms with van der Waals surface area (Å²) in [5, 5.41) is 0. The van der Waals surface area contributed by atoms with Crippen molar-refractivity contribution in [3.8, 4) is 0 Å². The van der Waals surface area contributed by atoms with Crippen molar-refractivity contribution in [3.63, 3.8) is 0 Å². The molecule has 0 bridgehead atoms. The zero-order chi connectivity index (χ0) is 14.2. The quantitative estimate of drug-likeness (QED) is 0.780. The number of ether oxygens (including phenoxy) is 1. The third kappa shape index (κ3) is 3.19. The SMILES string of the molecule is CN(C)c1ccc2c(c1)CN(C(=O)OC(C)(C)C)C2. The molecule has 2 rings (SSSR count). The predicted molar refractivity (Wildman–Crippen MR) is 76.3 cm³/mol. The molecule has 19 heavy (non-hydrogen) atoms. The molecular weight excluding hydrogens is 240 g/mol. The van der Waals surface area contributed by atoms with E-state index in [1.165, 1.54) is 11.1 Å². The van der Waals surface area contributed by atoms with E-state index in [9.17, 15) is 4.79 Å². The van der Waals surface area contributed by atoms with Crippen molar-refractivity contribution < 1.29 is 9.53 Å². The summed E-state index contributed by atoms with van der Waals surface area (Å²) in [5.41, 5.74) is 3.12. The standard InChI is InChI=1S/C15H22N2O2/c1-15(2,3)19-14(18)17-9-11-6-7-13(16(4)5)8-12(11)10-17/h6-8H,9-10H2,1-5H3. The molecule has 4 heteroatoms. The molecule has 1 amide bonds. The van der Waals surface area contributed by atoms with Crippen molar-refractivity contribution in [3.05, 3.63) is 29.3 Å². The second-order valence-corrected chi connectivity index (χ2v) is 6.18. The molecule has 104 valence electrons. The highest BCUT2D eigenvalue weighted by Gasteiger charge is 2.27. The Balaban J connectivity index is 2.10. The van der Waals surface area contributed by atoms with Gasteiger partial charge in [0.25, 0.3) is 0 Å². The van der Waals surface area contributed by atoms with Gasteiger partial charge < -0.3 is 9.64 Å². The van der Waals surface area contributed by atoms with Crippen LogP contribution in [0.15, 0.2) is 18.2 Å². The van der Waals surface area contributed by atoms with Gasteiger partial charge in [-0.25, -0.2) is 4.79 Å². The van der Waals surface area contributed by atoms with E-state index in [-0.39, 0.29) is 6.09 Å². The Kier molecular flexibility index (Phi) is 3.43. The molecular formula is C15H22N2O2. The zero-order valence-corrected chi connectivity index (χ0v) is 12.4. The Morgan fingerprint density at radius 3 is 2.42 bits per heavy atom. The van der Waals surface area contributed by atoms with Gasteiger partial charge in [-0.2, -0.15) is 0 Å². The van der Waals surface area contributed by atoms with Gasteiger partial charge in [0.2, 0.25) is 0 Å². The van der Waals surface area contributed by atoms with Crippen LogP contribution in [0.1, 0.15) is 31.9 Å². The minimum atomic E-state index is -0.444. The summed E-state index contributed by atoms with van der Waals surface area (Å²) < 4.78 is 5.41. The van der Waals surface area contributed by atoms with Crippen LogP contribution in [-0.4, -0.2) is 30.7 Å². The lowest BCUT2D eigenvalue weighted by Gasteiger charge is -2.24. The first-order valence-corrected chi connectivity index (χ1v) is 6.53. The summed E-state index contributed by atoms with van der Waals surface area (Å²) in [5.74, 6) is 0. The molecule has 1 aliphatic heterocycles. The number of carbonyl (C=O) groups excluding carboxylic acids is 1. The van der Waals surface area contributed by atoms with Gasteiger partial charge in [-0.05, 0) is 44.0 Å². The summed E-state index contributed by atoms with van der Waals surface area (Å²) in [7, 11) is 4.03. The molecule has 0 saturated carbocycles. The lowest BCUT2D eigenvalue weighted by Crippen LogP contribution is -2.33. The van der Waals surface area contributed by atoms with Crippen molar-refractivity contribution in [1.29, 1.82) is 0 Å². The molecule has 0 radical (unpaired) electrons. The first-order valence-electron chi connectivity index (χ1n) is 6.53. The maximum Gasteiger partial charge on any atom is 0.410 e. The smallest absolute Gasteiger partial charge is 0.410 e. The van der Waals surface area contributed by atoms with E-state index in [4.69, 9.17) is 4.74 Å². The maximum absolute atomic E-state index is 12.0. The van der Waals surface area contributed by atoms with Crippen LogP contribution >= 0.6 is 0 Å². The van der Waals surface area contributed by atoms with Crippen LogP contribution in [0.4, 0.5) is 10.5 Å². The fourth-order valence-corrected chi connectivity index (χ4v) is 2.11. The maximum atomic E-state index is 12.0. The van der Waals surface area contributed by atoms with Crippen LogP contribution < -0.4 is 4.90 Å². The minimum Gasteiger partial charge on any atom is -0.444 e. The zero-order valence-electron chi connectivity index (χ0n) is 12.4. The average Bonchev–Trinajstić information content (AvgIpc) is 2.68. The van der Waals surface area contributed by atoms with Crippen LogP contribution in [0.2, 0.25) is 0 Å². The number of fused-ring (bicyclic) bond motifs is 1. The van der Waals surface area contributed by atoms with Crippen molar-refractivity contribution in [2.75, 3.05) is 19.0 Å². The second kappa shape index (κ2) is 4.76. The number of amides is 1. The number of hydrogen-bond acceptors (Lipinski definition) is 3. The monoisotopic (exact) mass is 262 g/mol. The largest absolute Gasteiger partial charge is 0.444 e. The molecule has 0 N–H and O–H groups in total. The highest BCUT2D eigenvalue weighted by Crippen LogP contribution is 2.27. The van der Waals surface area contributed by atoms with Gasteiger partial charge in [-0.3, -0.25) is 4.90 Å². The molecule has 0 spiro atoms. The first-order chi connectivity index (χ1) is 8.76. The number of hydrogen-bond donors (Lipinski definition) is 0. The van der Waals surface area contributed by atoms with Gasteiger partial charge >= 0.3 is 6.09 Å². The molecule has 4 nitrogen and oxygen atoms in total. The lowest BCUT2D eigenvalue weighted by atomic mass is 10.1. The van der Waals surface area contributed by atoms with Crippen LogP contribution in [0.3, 0.4) is 0 Å². The summed E-state index contributed by atoms with van der Waals surface area (Å²) in [6.45, 7) is 6.93. The molecule has 1 aliphatic rings. The molecule has 0 aliphatic carbocycles. The third-order valence-electron chi connectivity index (χ3n) is 3.08. The third-order valence-corrected chi connectivity index (χ3v) is 3.08. The van der Waals surface area contributed by atoms with E-state index in [1.54, 1.807) is 4.90 Å². The van der Waals surface area contributed by atoms with E-state index < -0.39 is 5.60 Å². The summed E-state index contributed by atoms with van der Waals surface area (Å²) in [6.07, 6.45) is -0.241. The fourth-order valence-electron chi connectivity index (χ4n) is 2.11. The van der Waals surface area contributed by atoms with Gasteiger partial charge in [0.1, 0.15) is 5.60 Å². The second-order valence-electron chi connectivity index (χ2n) is 6.18. The lowest BCUT2D eigenvalue weighted by molar-refractivity contribution is 0.0242. The average molecular weight is 262 g/mol. The van der Waals surface area contributed by atoms with Gasteiger partial charge in [0.15, 0.2) is 0 Å². The first kappa shape index (κ1) is 13.7. The highest BCUT2D eigenvalue weighted by molar-refractivity contribution is 5.69. The Hall–Kier alpha value is -1.71. The summed E-state index contributed by atoms with van der Waals surface area (Å²) in [6, 6.07) is 6.31. The van der Waals surface area contributed by atoms with Crippen LogP contribution in [0, 0.1) is 0 Å². The van der Waals surface area contributed by atoms with E-state index in [2.05, 4.69) is 23.1 Å². The molecule has 1 aromatic carbocycles. The van der Waals surface area contributed by atoms with Crippen molar-refractivity contribution in [1.82, 2.24) is 4.90 Å². The molecule has 0 aromatic heterocycles. The van der Waals surface area contributed by atoms with Crippen molar-refractivity contribution >= 4 is 11.8 Å². The normalized spacial score (nSPS) is 14.3. The summed E-state index contributed by atoms with van der Waals surface area (Å²) >= 11 is 0. The molecule has 0 saturated heterocycles. The molecule has 0 unspecified atom stereocenters. The Bertz CT molecular complexity index is 489.